The summed E-state index contributed by atoms with van der Waals surface area (Å²) in [6, 6.07) is 11.7. The Morgan fingerprint density at radius 1 is 1.11 bits per heavy atom. The molecule has 138 valence electrons. The van der Waals surface area contributed by atoms with Crippen molar-refractivity contribution in [2.24, 2.45) is 0 Å². The monoisotopic (exact) mass is 364 g/mol. The van der Waals surface area contributed by atoms with Gasteiger partial charge < -0.3 is 14.8 Å². The van der Waals surface area contributed by atoms with Crippen molar-refractivity contribution >= 4 is 16.9 Å². The number of hydrogen-bond donors (Lipinski definition) is 1. The predicted molar refractivity (Wildman–Crippen MR) is 98.8 cm³/mol. The van der Waals surface area contributed by atoms with E-state index >= 15 is 0 Å². The summed E-state index contributed by atoms with van der Waals surface area (Å²) in [6.45, 7) is 0.662. The number of fused-ring (bicyclic) bond motifs is 2. The molecule has 1 aromatic heterocycles. The third kappa shape index (κ3) is 2.99. The molecule has 27 heavy (non-hydrogen) atoms. The van der Waals surface area contributed by atoms with Crippen LogP contribution in [0, 0.1) is 0 Å². The summed E-state index contributed by atoms with van der Waals surface area (Å²) in [4.78, 5) is 12.5. The van der Waals surface area contributed by atoms with Gasteiger partial charge in [0.2, 0.25) is 6.79 Å². The zero-order chi connectivity index (χ0) is 18.2. The molecule has 0 bridgehead atoms. The van der Waals surface area contributed by atoms with Crippen molar-refractivity contribution in [2.75, 3.05) is 6.79 Å². The van der Waals surface area contributed by atoms with Crippen molar-refractivity contribution in [2.45, 2.75) is 38.3 Å². The van der Waals surface area contributed by atoms with Crippen molar-refractivity contribution in [3.05, 3.63) is 47.5 Å². The standard InChI is InChI=1S/C20H20N4O3/c25-20(21-11-13-5-8-18-19(9-13)27-12-26-18)14-6-7-17-16(10-14)22-23-24(17)15-3-1-2-4-15/h5-10,15H,1-4,11-12H2,(H,21,25). The summed E-state index contributed by atoms with van der Waals surface area (Å²) in [6.07, 6.45) is 4.78. The fraction of sp³-hybridized carbons (Fsp3) is 0.350. The molecule has 0 unspecified atom stereocenters. The topological polar surface area (TPSA) is 78.3 Å². The SMILES string of the molecule is O=C(NCc1ccc2c(c1)OCO2)c1ccc2c(c1)nnn2C1CCCC1. The van der Waals surface area contributed by atoms with Crippen LogP contribution in [0.15, 0.2) is 36.4 Å². The van der Waals surface area contributed by atoms with Gasteiger partial charge in [0.1, 0.15) is 5.52 Å². The first kappa shape index (κ1) is 16.1. The molecule has 0 radical (unpaired) electrons. The highest BCUT2D eigenvalue weighted by Gasteiger charge is 2.20. The van der Waals surface area contributed by atoms with Crippen LogP contribution in [-0.4, -0.2) is 27.7 Å². The molecule has 7 heteroatoms. The van der Waals surface area contributed by atoms with Gasteiger partial charge in [-0.15, -0.1) is 5.10 Å². The van der Waals surface area contributed by atoms with Gasteiger partial charge in [0.25, 0.3) is 5.91 Å². The third-order valence-corrected chi connectivity index (χ3v) is 5.29. The van der Waals surface area contributed by atoms with Crippen molar-refractivity contribution in [1.29, 1.82) is 0 Å². The third-order valence-electron chi connectivity index (χ3n) is 5.29. The highest BCUT2D eigenvalue weighted by Crippen LogP contribution is 2.33. The fourth-order valence-corrected chi connectivity index (χ4v) is 3.84. The molecule has 1 fully saturated rings. The number of ether oxygens (including phenoxy) is 2. The first-order valence-electron chi connectivity index (χ1n) is 9.29. The quantitative estimate of drug-likeness (QED) is 0.769. The maximum absolute atomic E-state index is 12.5. The molecule has 3 aromatic rings. The average Bonchev–Trinajstić information content (AvgIpc) is 3.44. The van der Waals surface area contributed by atoms with Gasteiger partial charge in [-0.05, 0) is 48.7 Å². The van der Waals surface area contributed by atoms with Crippen LogP contribution in [0.4, 0.5) is 0 Å². The van der Waals surface area contributed by atoms with E-state index in [4.69, 9.17) is 9.47 Å². The largest absolute Gasteiger partial charge is 0.454 e. The van der Waals surface area contributed by atoms with Crippen LogP contribution >= 0.6 is 0 Å². The lowest BCUT2D eigenvalue weighted by molar-refractivity contribution is 0.0951. The highest BCUT2D eigenvalue weighted by molar-refractivity contribution is 5.97. The normalized spacial score (nSPS) is 16.1. The lowest BCUT2D eigenvalue weighted by Crippen LogP contribution is -2.22. The molecule has 0 atom stereocenters. The molecule has 0 saturated heterocycles. The molecule has 1 aliphatic heterocycles. The summed E-state index contributed by atoms with van der Waals surface area (Å²) in [5.74, 6) is 1.32. The van der Waals surface area contributed by atoms with E-state index in [0.717, 1.165) is 35.2 Å². The molecule has 2 aliphatic rings. The smallest absolute Gasteiger partial charge is 0.251 e. The zero-order valence-corrected chi connectivity index (χ0v) is 14.9. The van der Waals surface area contributed by atoms with Crippen molar-refractivity contribution in [1.82, 2.24) is 20.3 Å². The van der Waals surface area contributed by atoms with Crippen LogP contribution in [0.1, 0.15) is 47.6 Å². The van der Waals surface area contributed by atoms with Gasteiger partial charge in [-0.2, -0.15) is 0 Å². The first-order chi connectivity index (χ1) is 13.3. The van der Waals surface area contributed by atoms with Gasteiger partial charge in [-0.3, -0.25) is 4.79 Å². The maximum atomic E-state index is 12.5. The van der Waals surface area contributed by atoms with Gasteiger partial charge in [-0.25, -0.2) is 4.68 Å². The second-order valence-corrected chi connectivity index (χ2v) is 7.05. The molecule has 1 saturated carbocycles. The molecule has 2 aromatic carbocycles. The van der Waals surface area contributed by atoms with Gasteiger partial charge in [-0.1, -0.05) is 24.1 Å². The minimum Gasteiger partial charge on any atom is -0.454 e. The van der Waals surface area contributed by atoms with Crippen LogP contribution in [0.5, 0.6) is 11.5 Å². The summed E-state index contributed by atoms with van der Waals surface area (Å²) >= 11 is 0. The Labute approximate surface area is 156 Å². The highest BCUT2D eigenvalue weighted by atomic mass is 16.7. The van der Waals surface area contributed by atoms with Gasteiger partial charge in [0, 0.05) is 12.1 Å². The predicted octanol–water partition coefficient (Wildman–Crippen LogP) is 3.21. The summed E-state index contributed by atoms with van der Waals surface area (Å²) in [7, 11) is 0. The van der Waals surface area contributed by atoms with E-state index < -0.39 is 0 Å². The second kappa shape index (κ2) is 6.57. The van der Waals surface area contributed by atoms with E-state index in [-0.39, 0.29) is 12.7 Å². The zero-order valence-electron chi connectivity index (χ0n) is 14.9. The molecule has 7 nitrogen and oxygen atoms in total. The minimum atomic E-state index is -0.134. The van der Waals surface area contributed by atoms with Crippen molar-refractivity contribution < 1.29 is 14.3 Å². The Morgan fingerprint density at radius 3 is 2.85 bits per heavy atom. The number of rotatable bonds is 4. The molecular formula is C20H20N4O3. The van der Waals surface area contributed by atoms with E-state index in [1.165, 1.54) is 12.8 Å². The number of benzene rings is 2. The molecule has 1 amide bonds. The van der Waals surface area contributed by atoms with Crippen LogP contribution in [0.3, 0.4) is 0 Å². The van der Waals surface area contributed by atoms with Crippen LogP contribution in [0.25, 0.3) is 11.0 Å². The Bertz CT molecular complexity index is 1010. The van der Waals surface area contributed by atoms with Gasteiger partial charge in [0.15, 0.2) is 11.5 Å². The Hall–Kier alpha value is -3.09. The Kier molecular flexibility index (Phi) is 3.92. The van der Waals surface area contributed by atoms with Crippen LogP contribution < -0.4 is 14.8 Å². The number of aromatic nitrogens is 3. The molecule has 1 aliphatic carbocycles. The molecule has 5 rings (SSSR count). The maximum Gasteiger partial charge on any atom is 0.251 e. The number of nitrogens with zero attached hydrogens (tertiary/aromatic N) is 3. The number of nitrogens with one attached hydrogen (secondary N) is 1. The molecule has 2 heterocycles. The van der Waals surface area contributed by atoms with Gasteiger partial charge in [0.05, 0.1) is 11.6 Å². The molecule has 1 N–H and O–H groups in total. The van der Waals surface area contributed by atoms with E-state index in [1.807, 2.05) is 41.1 Å². The van der Waals surface area contributed by atoms with Gasteiger partial charge >= 0.3 is 0 Å². The second-order valence-electron chi connectivity index (χ2n) is 7.05. The summed E-state index contributed by atoms with van der Waals surface area (Å²) < 4.78 is 12.7. The van der Waals surface area contributed by atoms with E-state index in [1.54, 1.807) is 0 Å². The Balaban J connectivity index is 1.30. The summed E-state index contributed by atoms with van der Waals surface area (Å²) in [5.41, 5.74) is 3.30. The Morgan fingerprint density at radius 2 is 1.96 bits per heavy atom. The molecule has 0 spiro atoms. The van der Waals surface area contributed by atoms with Crippen LogP contribution in [-0.2, 0) is 6.54 Å². The van der Waals surface area contributed by atoms with E-state index in [2.05, 4.69) is 15.6 Å². The van der Waals surface area contributed by atoms with Crippen molar-refractivity contribution in [3.8, 4) is 11.5 Å². The lowest BCUT2D eigenvalue weighted by atomic mass is 10.1. The number of hydrogen-bond acceptors (Lipinski definition) is 5. The van der Waals surface area contributed by atoms with E-state index in [0.29, 0.717) is 23.9 Å². The fourth-order valence-electron chi connectivity index (χ4n) is 3.84. The van der Waals surface area contributed by atoms with Crippen molar-refractivity contribution in [3.63, 3.8) is 0 Å². The average molecular weight is 364 g/mol. The lowest BCUT2D eigenvalue weighted by Gasteiger charge is -2.10. The van der Waals surface area contributed by atoms with Crippen LogP contribution in [0.2, 0.25) is 0 Å². The molecular weight excluding hydrogens is 344 g/mol. The summed E-state index contributed by atoms with van der Waals surface area (Å²) in [5, 5.41) is 11.5. The van der Waals surface area contributed by atoms with E-state index in [9.17, 15) is 4.79 Å². The minimum absolute atomic E-state index is 0.134. The first-order valence-corrected chi connectivity index (χ1v) is 9.29. The number of carbonyl (C=O) groups excluding carboxylic acids is 1. The number of amides is 1. The number of carbonyl (C=O) groups is 1.